The van der Waals surface area contributed by atoms with Crippen LogP contribution in [0.3, 0.4) is 0 Å². The average Bonchev–Trinajstić information content (AvgIpc) is 3.37. The van der Waals surface area contributed by atoms with Crippen molar-refractivity contribution in [2.45, 2.75) is 30.6 Å². The first-order valence-corrected chi connectivity index (χ1v) is 9.54. The minimum atomic E-state index is -0.516. The van der Waals surface area contributed by atoms with Crippen molar-refractivity contribution in [2.24, 2.45) is 5.92 Å². The molecule has 4 nitrogen and oxygen atoms in total. The number of carbonyl (C=O) groups is 1. The van der Waals surface area contributed by atoms with Gasteiger partial charge in [0.1, 0.15) is 5.82 Å². The van der Waals surface area contributed by atoms with Gasteiger partial charge in [-0.15, -0.1) is 0 Å². The van der Waals surface area contributed by atoms with E-state index in [1.807, 2.05) is 6.20 Å². The number of nitrogens with one attached hydrogen (secondary N) is 1. The van der Waals surface area contributed by atoms with Crippen LogP contribution in [-0.2, 0) is 4.79 Å². The lowest BCUT2D eigenvalue weighted by atomic mass is 9.93. The molecule has 1 N–H and O–H groups in total. The van der Waals surface area contributed by atoms with E-state index in [1.165, 1.54) is 6.07 Å². The van der Waals surface area contributed by atoms with Gasteiger partial charge < -0.3 is 0 Å². The molecule has 0 radical (unpaired) electrons. The summed E-state index contributed by atoms with van der Waals surface area (Å²) >= 11 is 4.70. The Hall–Kier alpha value is -1.92. The first kappa shape index (κ1) is 17.5. The lowest BCUT2D eigenvalue weighted by molar-refractivity contribution is -0.126. The summed E-state index contributed by atoms with van der Waals surface area (Å²) in [6.45, 7) is 1.34. The van der Waals surface area contributed by atoms with Crippen molar-refractivity contribution < 1.29 is 9.18 Å². The molecule has 1 aromatic heterocycles. The van der Waals surface area contributed by atoms with E-state index in [2.05, 4.69) is 21.2 Å². The average molecular weight is 371 g/mol. The van der Waals surface area contributed by atoms with Crippen LogP contribution in [0.1, 0.15) is 36.4 Å². The van der Waals surface area contributed by atoms with Crippen molar-refractivity contribution in [3.05, 3.63) is 59.2 Å². The van der Waals surface area contributed by atoms with E-state index in [4.69, 9.17) is 12.6 Å². The number of piperidine rings is 1. The van der Waals surface area contributed by atoms with Crippen molar-refractivity contribution in [2.75, 3.05) is 13.1 Å². The number of aromatic amines is 1. The van der Waals surface area contributed by atoms with Crippen LogP contribution in [0.2, 0.25) is 0 Å². The molecule has 1 aliphatic heterocycles. The quantitative estimate of drug-likeness (QED) is 0.789. The van der Waals surface area contributed by atoms with E-state index in [0.29, 0.717) is 12.1 Å². The molecule has 1 aliphatic carbocycles. The first-order chi connectivity index (χ1) is 12.6. The van der Waals surface area contributed by atoms with Crippen LogP contribution < -0.4 is 0 Å². The van der Waals surface area contributed by atoms with Crippen molar-refractivity contribution in [3.63, 3.8) is 0 Å². The summed E-state index contributed by atoms with van der Waals surface area (Å²) in [6, 6.07) is 6.14. The predicted octanol–water partition coefficient (Wildman–Crippen LogP) is 3.66. The molecule has 1 saturated heterocycles. The molecule has 6 heteroatoms. The van der Waals surface area contributed by atoms with Crippen molar-refractivity contribution in [3.8, 4) is 0 Å². The van der Waals surface area contributed by atoms with Crippen LogP contribution in [-0.4, -0.2) is 39.2 Å². The molecule has 136 valence electrons. The number of H-pyrrole nitrogens is 1. The third kappa shape index (κ3) is 3.62. The largest absolute Gasteiger partial charge is 0.297 e. The summed E-state index contributed by atoms with van der Waals surface area (Å²) in [6.07, 6.45) is 8.32. The maximum atomic E-state index is 14.5. The molecular weight excluding hydrogens is 349 g/mol. The molecular formula is C20H22FN3OS. The van der Waals surface area contributed by atoms with Gasteiger partial charge in [-0.25, -0.2) is 4.39 Å². The summed E-state index contributed by atoms with van der Waals surface area (Å²) in [5, 5.41) is 6.92. The van der Waals surface area contributed by atoms with Gasteiger partial charge >= 0.3 is 0 Å². The number of carbonyl (C=O) groups excluding carboxylic acids is 1. The third-order valence-electron chi connectivity index (χ3n) is 5.19. The number of hydrogen-bond acceptors (Lipinski definition) is 4. The van der Waals surface area contributed by atoms with Gasteiger partial charge in [0.25, 0.3) is 0 Å². The van der Waals surface area contributed by atoms with Gasteiger partial charge in [-0.3, -0.25) is 14.8 Å². The number of hydrogen-bond donors (Lipinski definition) is 2. The lowest BCUT2D eigenvalue weighted by Crippen LogP contribution is -2.42. The SMILES string of the molecule is O=C(C1CC1)C(c1ccccc1F)N1CCC(S)C(=Cc2cn[nH]c2)C1. The molecule has 0 spiro atoms. The van der Waals surface area contributed by atoms with Crippen molar-refractivity contribution in [1.29, 1.82) is 0 Å². The Bertz CT molecular complexity index is 816. The second kappa shape index (κ2) is 7.37. The molecule has 2 fully saturated rings. The Morgan fingerprint density at radius 1 is 1.35 bits per heavy atom. The summed E-state index contributed by atoms with van der Waals surface area (Å²) in [5.41, 5.74) is 2.60. The number of thiol groups is 1. The van der Waals surface area contributed by atoms with Crippen LogP contribution in [0.15, 0.2) is 42.2 Å². The Kier molecular flexibility index (Phi) is 4.96. The fourth-order valence-electron chi connectivity index (χ4n) is 3.63. The molecule has 0 amide bonds. The fraction of sp³-hybridized carbons (Fsp3) is 0.400. The molecule has 1 aromatic carbocycles. The van der Waals surface area contributed by atoms with Gasteiger partial charge in [-0.2, -0.15) is 17.7 Å². The topological polar surface area (TPSA) is 49.0 Å². The number of likely N-dealkylation sites (tertiary alicyclic amines) is 1. The van der Waals surface area contributed by atoms with E-state index < -0.39 is 6.04 Å². The Morgan fingerprint density at radius 3 is 2.85 bits per heavy atom. The first-order valence-electron chi connectivity index (χ1n) is 9.03. The minimum absolute atomic E-state index is 0.0784. The molecule has 2 atom stereocenters. The number of ketones is 1. The van der Waals surface area contributed by atoms with Crippen molar-refractivity contribution >= 4 is 24.5 Å². The van der Waals surface area contributed by atoms with Gasteiger partial charge in [-0.1, -0.05) is 24.3 Å². The highest BCUT2D eigenvalue weighted by molar-refractivity contribution is 7.81. The van der Waals surface area contributed by atoms with E-state index >= 15 is 0 Å². The zero-order valence-electron chi connectivity index (χ0n) is 14.4. The molecule has 0 bridgehead atoms. The zero-order chi connectivity index (χ0) is 18.1. The number of aromatic nitrogens is 2. The van der Waals surface area contributed by atoms with Gasteiger partial charge in [-0.05, 0) is 30.9 Å². The Morgan fingerprint density at radius 2 is 2.15 bits per heavy atom. The monoisotopic (exact) mass is 371 g/mol. The molecule has 26 heavy (non-hydrogen) atoms. The number of Topliss-reactive ketones (excluding diaryl/α,β-unsaturated/α-hetero) is 1. The van der Waals surface area contributed by atoms with Crippen LogP contribution in [0.25, 0.3) is 6.08 Å². The molecule has 2 aliphatic rings. The maximum absolute atomic E-state index is 14.5. The van der Waals surface area contributed by atoms with Crippen LogP contribution in [0, 0.1) is 11.7 Å². The summed E-state index contributed by atoms with van der Waals surface area (Å²) in [5.74, 6) is -0.0788. The maximum Gasteiger partial charge on any atom is 0.157 e. The van der Waals surface area contributed by atoms with Crippen LogP contribution in [0.5, 0.6) is 0 Å². The van der Waals surface area contributed by atoms with E-state index in [9.17, 15) is 9.18 Å². The van der Waals surface area contributed by atoms with Crippen LogP contribution >= 0.6 is 12.6 Å². The molecule has 4 rings (SSSR count). The summed E-state index contributed by atoms with van der Waals surface area (Å²) in [7, 11) is 0. The number of benzene rings is 1. The second-order valence-electron chi connectivity index (χ2n) is 7.13. The summed E-state index contributed by atoms with van der Waals surface area (Å²) < 4.78 is 14.5. The van der Waals surface area contributed by atoms with Gasteiger partial charge in [0, 0.05) is 41.6 Å². The number of nitrogens with zero attached hydrogens (tertiary/aromatic N) is 2. The molecule has 2 unspecified atom stereocenters. The Labute approximate surface area is 157 Å². The van der Waals surface area contributed by atoms with E-state index in [1.54, 1.807) is 24.4 Å². The lowest BCUT2D eigenvalue weighted by Gasteiger charge is -2.37. The zero-order valence-corrected chi connectivity index (χ0v) is 15.3. The highest BCUT2D eigenvalue weighted by Gasteiger charge is 2.40. The third-order valence-corrected chi connectivity index (χ3v) is 5.78. The van der Waals surface area contributed by atoms with E-state index in [0.717, 1.165) is 36.9 Å². The smallest absolute Gasteiger partial charge is 0.157 e. The fourth-order valence-corrected chi connectivity index (χ4v) is 3.90. The van der Waals surface area contributed by atoms with Gasteiger partial charge in [0.2, 0.25) is 0 Å². The molecule has 2 aromatic rings. The van der Waals surface area contributed by atoms with Gasteiger partial charge in [0.05, 0.1) is 12.2 Å². The standard InChI is InChI=1S/C20H22FN3OS/c21-17-4-2-1-3-16(17)19(20(25)14-5-6-14)24-8-7-18(26)15(12-24)9-13-10-22-23-11-13/h1-4,9-11,14,18-19,26H,5-8,12H2,(H,22,23). The minimum Gasteiger partial charge on any atom is -0.297 e. The number of rotatable bonds is 5. The van der Waals surface area contributed by atoms with E-state index in [-0.39, 0.29) is 22.8 Å². The molecule has 1 saturated carbocycles. The highest BCUT2D eigenvalue weighted by atomic mass is 32.1. The van der Waals surface area contributed by atoms with Gasteiger partial charge in [0.15, 0.2) is 5.78 Å². The highest BCUT2D eigenvalue weighted by Crippen LogP contribution is 2.39. The predicted molar refractivity (Wildman–Crippen MR) is 102 cm³/mol. The van der Waals surface area contributed by atoms with Crippen LogP contribution in [0.4, 0.5) is 4.39 Å². The normalized spacial score (nSPS) is 23.9. The summed E-state index contributed by atoms with van der Waals surface area (Å²) in [4.78, 5) is 15.1. The second-order valence-corrected chi connectivity index (χ2v) is 7.75. The van der Waals surface area contributed by atoms with Crippen molar-refractivity contribution in [1.82, 2.24) is 15.1 Å². The Balaban J connectivity index is 1.65. The molecule has 2 heterocycles. The number of halogens is 1.